The maximum Gasteiger partial charge on any atom is 0.316 e. The number of nitrogens with zero attached hydrogens (tertiary/aromatic N) is 2. The van der Waals surface area contributed by atoms with Gasteiger partial charge in [0, 0.05) is 18.7 Å². The molecule has 3 amide bonds. The Kier molecular flexibility index (Phi) is 5.71. The molecule has 0 spiro atoms. The van der Waals surface area contributed by atoms with Gasteiger partial charge in [-0.3, -0.25) is 24.1 Å². The number of carbonyl (C=O) groups is 4. The van der Waals surface area contributed by atoms with Gasteiger partial charge in [-0.25, -0.2) is 0 Å². The third-order valence-corrected chi connectivity index (χ3v) is 7.42. The molecule has 1 aliphatic carbocycles. The van der Waals surface area contributed by atoms with Crippen LogP contribution in [0, 0.1) is 31.6 Å². The number of rotatable bonds is 4. The number of imide groups is 1. The fourth-order valence-corrected chi connectivity index (χ4v) is 5.29. The van der Waals surface area contributed by atoms with Crippen molar-refractivity contribution in [1.29, 1.82) is 0 Å². The summed E-state index contributed by atoms with van der Waals surface area (Å²) in [4.78, 5) is 53.8. The van der Waals surface area contributed by atoms with Gasteiger partial charge in [0.15, 0.2) is 0 Å². The number of hydrogen-bond donors (Lipinski definition) is 0. The molecule has 3 fully saturated rings. The highest BCUT2D eigenvalue weighted by Crippen LogP contribution is 2.40. The van der Waals surface area contributed by atoms with Crippen LogP contribution < -0.4 is 14.5 Å². The van der Waals surface area contributed by atoms with Gasteiger partial charge in [0.05, 0.1) is 23.4 Å². The van der Waals surface area contributed by atoms with E-state index in [4.69, 9.17) is 4.74 Å². The first-order valence-electron chi connectivity index (χ1n) is 11.9. The van der Waals surface area contributed by atoms with Crippen LogP contribution in [0.25, 0.3) is 0 Å². The van der Waals surface area contributed by atoms with Crippen LogP contribution in [0.3, 0.4) is 0 Å². The third kappa shape index (κ3) is 3.89. The molecule has 0 bridgehead atoms. The largest absolute Gasteiger partial charge is 0.426 e. The molecule has 5 rings (SSSR count). The second kappa shape index (κ2) is 8.70. The van der Waals surface area contributed by atoms with Gasteiger partial charge in [-0.1, -0.05) is 18.9 Å². The van der Waals surface area contributed by atoms with Crippen LogP contribution in [-0.2, 0) is 19.2 Å². The second-order valence-electron chi connectivity index (χ2n) is 9.60. The number of benzene rings is 2. The zero-order valence-electron chi connectivity index (χ0n) is 19.5. The van der Waals surface area contributed by atoms with E-state index in [-0.39, 0.29) is 42.5 Å². The fourth-order valence-electron chi connectivity index (χ4n) is 5.29. The summed E-state index contributed by atoms with van der Waals surface area (Å²) in [5.41, 5.74) is 3.52. The van der Waals surface area contributed by atoms with Crippen molar-refractivity contribution in [2.24, 2.45) is 17.8 Å². The lowest BCUT2D eigenvalue weighted by Gasteiger charge is -2.19. The lowest BCUT2D eigenvalue weighted by molar-refractivity contribution is -0.139. The molecule has 1 saturated carbocycles. The van der Waals surface area contributed by atoms with E-state index in [0.29, 0.717) is 11.4 Å². The van der Waals surface area contributed by atoms with Crippen LogP contribution in [0.2, 0.25) is 0 Å². The highest BCUT2D eigenvalue weighted by atomic mass is 16.5. The molecule has 2 aromatic carbocycles. The summed E-state index contributed by atoms with van der Waals surface area (Å²) in [6.07, 6.45) is 3.59. The molecular weight excluding hydrogens is 432 g/mol. The van der Waals surface area contributed by atoms with E-state index in [0.717, 1.165) is 42.5 Å². The minimum Gasteiger partial charge on any atom is -0.426 e. The Morgan fingerprint density at radius 2 is 1.47 bits per heavy atom. The Bertz CT molecular complexity index is 1150. The van der Waals surface area contributed by atoms with Gasteiger partial charge < -0.3 is 9.64 Å². The van der Waals surface area contributed by atoms with E-state index >= 15 is 0 Å². The smallest absolute Gasteiger partial charge is 0.316 e. The lowest BCUT2D eigenvalue weighted by Crippen LogP contribution is -2.30. The van der Waals surface area contributed by atoms with Crippen LogP contribution in [0.1, 0.15) is 43.2 Å². The summed E-state index contributed by atoms with van der Waals surface area (Å²) in [5.74, 6) is -1.48. The molecule has 2 aliphatic heterocycles. The molecule has 2 saturated heterocycles. The van der Waals surface area contributed by atoms with Gasteiger partial charge in [-0.15, -0.1) is 0 Å². The predicted octanol–water partition coefficient (Wildman–Crippen LogP) is 3.94. The topological polar surface area (TPSA) is 84.0 Å². The maximum atomic E-state index is 12.8. The number of anilines is 2. The van der Waals surface area contributed by atoms with Gasteiger partial charge >= 0.3 is 5.97 Å². The van der Waals surface area contributed by atoms with Crippen molar-refractivity contribution >= 4 is 35.1 Å². The molecule has 0 aromatic heterocycles. The molecular formula is C27H28N2O5. The van der Waals surface area contributed by atoms with E-state index in [1.807, 2.05) is 32.0 Å². The van der Waals surface area contributed by atoms with Crippen molar-refractivity contribution in [3.05, 3.63) is 53.6 Å². The summed E-state index contributed by atoms with van der Waals surface area (Å²) in [7, 11) is 0. The third-order valence-electron chi connectivity index (χ3n) is 7.42. The first kappa shape index (κ1) is 22.3. The fraction of sp³-hybridized carbons (Fsp3) is 0.407. The summed E-state index contributed by atoms with van der Waals surface area (Å²) in [6.45, 7) is 4.28. The van der Waals surface area contributed by atoms with E-state index in [1.165, 1.54) is 4.90 Å². The molecule has 176 valence electrons. The summed E-state index contributed by atoms with van der Waals surface area (Å²) >= 11 is 0. The second-order valence-corrected chi connectivity index (χ2v) is 9.60. The molecule has 3 atom stereocenters. The number of esters is 1. The molecule has 0 N–H and O–H groups in total. The monoisotopic (exact) mass is 460 g/mol. The van der Waals surface area contributed by atoms with Crippen molar-refractivity contribution in [3.8, 4) is 5.75 Å². The number of hydrogen-bond acceptors (Lipinski definition) is 5. The molecule has 0 radical (unpaired) electrons. The zero-order valence-corrected chi connectivity index (χ0v) is 19.5. The predicted molar refractivity (Wildman–Crippen MR) is 126 cm³/mol. The van der Waals surface area contributed by atoms with E-state index < -0.39 is 11.9 Å². The Hall–Kier alpha value is -3.48. The molecule has 7 heteroatoms. The lowest BCUT2D eigenvalue weighted by atomic mass is 9.81. The highest BCUT2D eigenvalue weighted by Gasteiger charge is 2.48. The van der Waals surface area contributed by atoms with Crippen molar-refractivity contribution in [2.45, 2.75) is 46.0 Å². The number of fused-ring (bicyclic) bond motifs is 1. The van der Waals surface area contributed by atoms with Crippen LogP contribution in [0.5, 0.6) is 5.75 Å². The van der Waals surface area contributed by atoms with Crippen LogP contribution >= 0.6 is 0 Å². The highest BCUT2D eigenvalue weighted by molar-refractivity contribution is 6.22. The normalized spacial score (nSPS) is 24.5. The van der Waals surface area contributed by atoms with E-state index in [2.05, 4.69) is 0 Å². The summed E-state index contributed by atoms with van der Waals surface area (Å²) in [6, 6.07) is 12.3. The maximum absolute atomic E-state index is 12.8. The van der Waals surface area contributed by atoms with Crippen LogP contribution in [0.15, 0.2) is 42.5 Å². The molecule has 3 aliphatic rings. The van der Waals surface area contributed by atoms with Crippen molar-refractivity contribution < 1.29 is 23.9 Å². The number of carbonyl (C=O) groups excluding carboxylic acids is 4. The minimum atomic E-state index is -0.557. The summed E-state index contributed by atoms with van der Waals surface area (Å²) < 4.78 is 5.53. The molecule has 7 nitrogen and oxygen atoms in total. The Balaban J connectivity index is 1.24. The number of aryl methyl sites for hydroxylation is 2. The molecule has 0 unspecified atom stereocenters. The Morgan fingerprint density at radius 3 is 2.09 bits per heavy atom. The van der Waals surface area contributed by atoms with Gasteiger partial charge in [0.1, 0.15) is 5.75 Å². The first-order valence-corrected chi connectivity index (χ1v) is 11.9. The Labute approximate surface area is 198 Å². The molecule has 2 heterocycles. The average Bonchev–Trinajstić information content (AvgIpc) is 3.34. The van der Waals surface area contributed by atoms with Gasteiger partial charge in [0.25, 0.3) is 0 Å². The standard InChI is InChI=1S/C27H28N2O5/c1-16-7-8-20(13-17(16)2)28-15-18(14-24(28)30)27(33)34-21-11-9-19(10-12-21)29-25(31)22-5-3-4-6-23(22)26(29)32/h7-13,18,22-23H,3-6,14-15H2,1-2H3/t18-,22+,23+/m1/s1. The molecule has 2 aromatic rings. The van der Waals surface area contributed by atoms with E-state index in [1.54, 1.807) is 29.2 Å². The number of amides is 3. The van der Waals surface area contributed by atoms with Gasteiger partial charge in [0.2, 0.25) is 17.7 Å². The van der Waals surface area contributed by atoms with Crippen molar-refractivity contribution in [2.75, 3.05) is 16.3 Å². The average molecular weight is 461 g/mol. The minimum absolute atomic E-state index is 0.101. The Morgan fingerprint density at radius 1 is 0.853 bits per heavy atom. The summed E-state index contributed by atoms with van der Waals surface area (Å²) in [5, 5.41) is 0. The van der Waals surface area contributed by atoms with Crippen molar-refractivity contribution in [3.63, 3.8) is 0 Å². The van der Waals surface area contributed by atoms with Crippen LogP contribution in [-0.4, -0.2) is 30.2 Å². The van der Waals surface area contributed by atoms with Crippen LogP contribution in [0.4, 0.5) is 11.4 Å². The quantitative estimate of drug-likeness (QED) is 0.392. The zero-order chi connectivity index (χ0) is 24.0. The molecule has 34 heavy (non-hydrogen) atoms. The number of ether oxygens (including phenoxy) is 1. The SMILES string of the molecule is Cc1ccc(N2C[C@H](C(=O)Oc3ccc(N4C(=O)[C@H]5CCCC[C@@H]5C4=O)cc3)CC2=O)cc1C. The van der Waals surface area contributed by atoms with Gasteiger partial charge in [-0.2, -0.15) is 0 Å². The van der Waals surface area contributed by atoms with E-state index in [9.17, 15) is 19.2 Å². The van der Waals surface area contributed by atoms with Gasteiger partial charge in [-0.05, 0) is 74.2 Å². The van der Waals surface area contributed by atoms with Crippen molar-refractivity contribution in [1.82, 2.24) is 0 Å². The first-order chi connectivity index (χ1) is 16.3.